The first-order chi connectivity index (χ1) is 15.4. The average molecular weight is 437 g/mol. The first kappa shape index (κ1) is 22.5. The van der Waals surface area contributed by atoms with Gasteiger partial charge in [0.25, 0.3) is 5.91 Å². The molecule has 2 aliphatic rings. The second kappa shape index (κ2) is 9.82. The summed E-state index contributed by atoms with van der Waals surface area (Å²) in [5.41, 5.74) is 4.63. The standard InChI is InChI=1S/C26H36N4O2/c1-19-7-5-8-20-16-30(17-23-12-11-21(29(23)4)13-14-27-26(19)20)25(31)18-32-24-10-6-9-22(15-24)28(2)3/h5-10,15,21,23,27H,11-14,16-18H2,1-4H3. The quantitative estimate of drug-likeness (QED) is 0.791. The van der Waals surface area contributed by atoms with Crippen molar-refractivity contribution in [1.29, 1.82) is 0 Å². The zero-order valence-corrected chi connectivity index (χ0v) is 19.8. The van der Waals surface area contributed by atoms with Crippen molar-refractivity contribution in [2.45, 2.75) is 44.8 Å². The molecule has 1 N–H and O–H groups in total. The van der Waals surface area contributed by atoms with Crippen LogP contribution in [0.1, 0.15) is 30.4 Å². The molecule has 0 spiro atoms. The lowest BCUT2D eigenvalue weighted by atomic mass is 10.1. The highest BCUT2D eigenvalue weighted by atomic mass is 16.5. The summed E-state index contributed by atoms with van der Waals surface area (Å²) in [4.78, 5) is 19.9. The van der Waals surface area contributed by atoms with E-state index in [1.165, 1.54) is 23.2 Å². The van der Waals surface area contributed by atoms with Gasteiger partial charge in [0.15, 0.2) is 6.61 Å². The fourth-order valence-corrected chi connectivity index (χ4v) is 4.94. The van der Waals surface area contributed by atoms with Crippen molar-refractivity contribution in [3.63, 3.8) is 0 Å². The van der Waals surface area contributed by atoms with Crippen molar-refractivity contribution in [1.82, 2.24) is 9.80 Å². The third-order valence-electron chi connectivity index (χ3n) is 6.96. The number of fused-ring (bicyclic) bond motifs is 3. The molecular formula is C26H36N4O2. The molecular weight excluding hydrogens is 400 g/mol. The van der Waals surface area contributed by atoms with Crippen molar-refractivity contribution in [3.8, 4) is 5.75 Å². The summed E-state index contributed by atoms with van der Waals surface area (Å²) in [7, 11) is 6.21. The van der Waals surface area contributed by atoms with Crippen LogP contribution in [-0.2, 0) is 11.3 Å². The summed E-state index contributed by atoms with van der Waals surface area (Å²) in [6.45, 7) is 4.47. The minimum Gasteiger partial charge on any atom is -0.484 e. The maximum Gasteiger partial charge on any atom is 0.260 e. The minimum atomic E-state index is 0.0313. The molecule has 1 saturated heterocycles. The van der Waals surface area contributed by atoms with E-state index in [0.717, 1.165) is 37.4 Å². The monoisotopic (exact) mass is 436 g/mol. The molecule has 0 aromatic heterocycles. The third-order valence-corrected chi connectivity index (χ3v) is 6.96. The van der Waals surface area contributed by atoms with Gasteiger partial charge in [-0.25, -0.2) is 0 Å². The summed E-state index contributed by atoms with van der Waals surface area (Å²) < 4.78 is 5.94. The SMILES string of the molecule is Cc1cccc2c1NCCC1CCC(CN(C(=O)COc3cccc(N(C)C)c3)C2)N1C. The molecule has 2 bridgehead atoms. The number of anilines is 2. The Balaban J connectivity index is 1.54. The number of carbonyl (C=O) groups excluding carboxylic acids is 1. The number of carbonyl (C=O) groups is 1. The Hall–Kier alpha value is -2.73. The van der Waals surface area contributed by atoms with E-state index >= 15 is 0 Å². The number of ether oxygens (including phenoxy) is 1. The van der Waals surface area contributed by atoms with Crippen LogP contribution in [0.5, 0.6) is 5.75 Å². The van der Waals surface area contributed by atoms with E-state index in [1.54, 1.807) is 0 Å². The lowest BCUT2D eigenvalue weighted by Crippen LogP contribution is -2.44. The van der Waals surface area contributed by atoms with E-state index in [2.05, 4.69) is 42.4 Å². The smallest absolute Gasteiger partial charge is 0.260 e. The van der Waals surface area contributed by atoms with Gasteiger partial charge in [0.2, 0.25) is 0 Å². The molecule has 2 aromatic rings. The van der Waals surface area contributed by atoms with Crippen molar-refractivity contribution >= 4 is 17.3 Å². The van der Waals surface area contributed by atoms with Crippen molar-refractivity contribution in [3.05, 3.63) is 53.6 Å². The number of hydrogen-bond acceptors (Lipinski definition) is 5. The Morgan fingerprint density at radius 1 is 1.12 bits per heavy atom. The van der Waals surface area contributed by atoms with Gasteiger partial charge in [0.1, 0.15) is 5.75 Å². The molecule has 0 aliphatic carbocycles. The fourth-order valence-electron chi connectivity index (χ4n) is 4.94. The molecule has 1 amide bonds. The molecule has 4 rings (SSSR count). The Morgan fingerprint density at radius 2 is 1.91 bits per heavy atom. The van der Waals surface area contributed by atoms with Crippen LogP contribution >= 0.6 is 0 Å². The van der Waals surface area contributed by atoms with E-state index in [9.17, 15) is 4.79 Å². The van der Waals surface area contributed by atoms with Crippen LogP contribution in [0, 0.1) is 6.92 Å². The Morgan fingerprint density at radius 3 is 2.72 bits per heavy atom. The Kier molecular flexibility index (Phi) is 6.89. The second-order valence-electron chi connectivity index (χ2n) is 9.33. The molecule has 32 heavy (non-hydrogen) atoms. The number of benzene rings is 2. The molecule has 6 heteroatoms. The Bertz CT molecular complexity index is 945. The highest BCUT2D eigenvalue weighted by Crippen LogP contribution is 2.29. The molecule has 6 nitrogen and oxygen atoms in total. The summed E-state index contributed by atoms with van der Waals surface area (Å²) in [6.07, 6.45) is 3.46. The number of aryl methyl sites for hydroxylation is 1. The number of nitrogens with zero attached hydrogens (tertiary/aromatic N) is 3. The number of nitrogens with one attached hydrogen (secondary N) is 1. The lowest BCUT2D eigenvalue weighted by Gasteiger charge is -2.31. The van der Waals surface area contributed by atoms with Crippen LogP contribution in [-0.4, -0.2) is 68.6 Å². The maximum atomic E-state index is 13.4. The van der Waals surface area contributed by atoms with Crippen LogP contribution < -0.4 is 15.0 Å². The van der Waals surface area contributed by atoms with E-state index in [4.69, 9.17) is 4.74 Å². The van der Waals surface area contributed by atoms with Crippen molar-refractivity contribution < 1.29 is 9.53 Å². The number of hydrogen-bond donors (Lipinski definition) is 1. The maximum absolute atomic E-state index is 13.4. The van der Waals surface area contributed by atoms with Crippen molar-refractivity contribution in [2.75, 3.05) is 51.1 Å². The normalized spacial score (nSPS) is 21.3. The number of para-hydroxylation sites is 1. The predicted molar refractivity (Wildman–Crippen MR) is 131 cm³/mol. The van der Waals surface area contributed by atoms with Gasteiger partial charge in [0, 0.05) is 63.3 Å². The van der Waals surface area contributed by atoms with E-state index < -0.39 is 0 Å². The summed E-state index contributed by atoms with van der Waals surface area (Å²) in [5, 5.41) is 3.67. The number of likely N-dealkylation sites (N-methyl/N-ethyl adjacent to an activating group) is 1. The van der Waals surface area contributed by atoms with E-state index in [-0.39, 0.29) is 12.5 Å². The molecule has 2 heterocycles. The van der Waals surface area contributed by atoms with Gasteiger partial charge < -0.3 is 19.9 Å². The van der Waals surface area contributed by atoms with Crippen LogP contribution in [0.15, 0.2) is 42.5 Å². The molecule has 2 atom stereocenters. The van der Waals surface area contributed by atoms with Gasteiger partial charge >= 0.3 is 0 Å². The van der Waals surface area contributed by atoms with Gasteiger partial charge in [0.05, 0.1) is 0 Å². The first-order valence-corrected chi connectivity index (χ1v) is 11.6. The van der Waals surface area contributed by atoms with Gasteiger partial charge in [-0.2, -0.15) is 0 Å². The predicted octanol–water partition coefficient (Wildman–Crippen LogP) is 3.75. The highest BCUT2D eigenvalue weighted by Gasteiger charge is 2.33. The second-order valence-corrected chi connectivity index (χ2v) is 9.33. The van der Waals surface area contributed by atoms with Crippen LogP contribution in [0.4, 0.5) is 11.4 Å². The largest absolute Gasteiger partial charge is 0.484 e. The average Bonchev–Trinajstić information content (AvgIpc) is 3.11. The highest BCUT2D eigenvalue weighted by molar-refractivity contribution is 5.78. The molecule has 2 unspecified atom stereocenters. The molecule has 1 fully saturated rings. The third kappa shape index (κ3) is 5.01. The summed E-state index contributed by atoms with van der Waals surface area (Å²) in [6, 6.07) is 15.2. The molecule has 0 saturated carbocycles. The molecule has 172 valence electrons. The zero-order chi connectivity index (χ0) is 22.7. The fraction of sp³-hybridized carbons (Fsp3) is 0.500. The minimum absolute atomic E-state index is 0.0313. The van der Waals surface area contributed by atoms with Crippen LogP contribution in [0.3, 0.4) is 0 Å². The van der Waals surface area contributed by atoms with Crippen LogP contribution in [0.25, 0.3) is 0 Å². The van der Waals surface area contributed by atoms with Gasteiger partial charge in [-0.15, -0.1) is 0 Å². The summed E-state index contributed by atoms with van der Waals surface area (Å²) in [5.74, 6) is 0.752. The molecule has 0 radical (unpaired) electrons. The number of rotatable bonds is 4. The van der Waals surface area contributed by atoms with Crippen LogP contribution in [0.2, 0.25) is 0 Å². The van der Waals surface area contributed by atoms with E-state index in [1.807, 2.05) is 48.2 Å². The number of amides is 1. The lowest BCUT2D eigenvalue weighted by molar-refractivity contribution is -0.134. The van der Waals surface area contributed by atoms with E-state index in [0.29, 0.717) is 18.6 Å². The topological polar surface area (TPSA) is 48.1 Å². The Labute approximate surface area is 192 Å². The molecule has 2 aliphatic heterocycles. The van der Waals surface area contributed by atoms with Gasteiger partial charge in [-0.3, -0.25) is 9.69 Å². The van der Waals surface area contributed by atoms with Crippen molar-refractivity contribution in [2.24, 2.45) is 0 Å². The first-order valence-electron chi connectivity index (χ1n) is 11.6. The van der Waals surface area contributed by atoms with Gasteiger partial charge in [-0.05, 0) is 56.5 Å². The van der Waals surface area contributed by atoms with Gasteiger partial charge in [-0.1, -0.05) is 24.3 Å². The zero-order valence-electron chi connectivity index (χ0n) is 19.8. The summed E-state index contributed by atoms with van der Waals surface area (Å²) >= 11 is 0. The molecule has 2 aromatic carbocycles.